The van der Waals surface area contributed by atoms with Crippen LogP contribution in [0.1, 0.15) is 19.5 Å². The van der Waals surface area contributed by atoms with Gasteiger partial charge in [0.05, 0.1) is 11.9 Å². The second kappa shape index (κ2) is 5.68. The molecule has 2 atom stereocenters. The zero-order valence-electron chi connectivity index (χ0n) is 9.14. The first-order chi connectivity index (χ1) is 7.13. The Balaban J connectivity index is 2.40. The monoisotopic (exact) mass is 210 g/mol. The van der Waals surface area contributed by atoms with Crippen LogP contribution in [0.3, 0.4) is 0 Å². The Morgan fingerprint density at radius 1 is 1.40 bits per heavy atom. The summed E-state index contributed by atoms with van der Waals surface area (Å²) in [5.41, 5.74) is 0.879. The summed E-state index contributed by atoms with van der Waals surface area (Å²) < 4.78 is 0. The molecule has 4 heteroatoms. The number of aromatic hydroxyl groups is 1. The first-order valence-electron chi connectivity index (χ1n) is 5.11. The van der Waals surface area contributed by atoms with Gasteiger partial charge in [0.1, 0.15) is 5.75 Å². The van der Waals surface area contributed by atoms with Crippen LogP contribution in [0.25, 0.3) is 0 Å². The molecule has 0 amide bonds. The molecule has 0 aromatic carbocycles. The molecule has 0 aliphatic carbocycles. The van der Waals surface area contributed by atoms with E-state index in [1.54, 1.807) is 12.1 Å². The molecule has 0 saturated carbocycles. The lowest BCUT2D eigenvalue weighted by Crippen LogP contribution is -2.33. The quantitative estimate of drug-likeness (QED) is 0.675. The van der Waals surface area contributed by atoms with E-state index in [0.29, 0.717) is 6.54 Å². The van der Waals surface area contributed by atoms with Crippen molar-refractivity contribution in [1.29, 1.82) is 0 Å². The first kappa shape index (κ1) is 11.9. The van der Waals surface area contributed by atoms with Crippen LogP contribution < -0.4 is 5.32 Å². The van der Waals surface area contributed by atoms with Gasteiger partial charge >= 0.3 is 0 Å². The molecule has 15 heavy (non-hydrogen) atoms. The van der Waals surface area contributed by atoms with E-state index in [0.717, 1.165) is 5.69 Å². The van der Waals surface area contributed by atoms with E-state index in [1.165, 1.54) is 6.20 Å². The summed E-state index contributed by atoms with van der Waals surface area (Å²) in [4.78, 5) is 4.06. The van der Waals surface area contributed by atoms with Crippen LogP contribution in [0.2, 0.25) is 0 Å². The first-order valence-corrected chi connectivity index (χ1v) is 5.11. The van der Waals surface area contributed by atoms with Crippen molar-refractivity contribution >= 4 is 0 Å². The Morgan fingerprint density at radius 3 is 2.67 bits per heavy atom. The second-order valence-electron chi connectivity index (χ2n) is 3.84. The van der Waals surface area contributed by atoms with Gasteiger partial charge < -0.3 is 15.5 Å². The molecular formula is C11H18N2O2. The van der Waals surface area contributed by atoms with Crippen LogP contribution in [-0.4, -0.2) is 27.8 Å². The van der Waals surface area contributed by atoms with Crippen LogP contribution in [0, 0.1) is 5.92 Å². The van der Waals surface area contributed by atoms with E-state index in [1.807, 2.05) is 13.8 Å². The minimum atomic E-state index is 0.176. The summed E-state index contributed by atoms with van der Waals surface area (Å²) in [5, 5.41) is 21.3. The molecule has 1 heterocycles. The van der Waals surface area contributed by atoms with Gasteiger partial charge in [-0.25, -0.2) is 0 Å². The highest BCUT2D eigenvalue weighted by atomic mass is 16.3. The van der Waals surface area contributed by atoms with Gasteiger partial charge in [-0.05, 0) is 25.0 Å². The topological polar surface area (TPSA) is 65.4 Å². The molecule has 0 radical (unpaired) electrons. The van der Waals surface area contributed by atoms with Crippen LogP contribution in [0.5, 0.6) is 5.75 Å². The van der Waals surface area contributed by atoms with Crippen molar-refractivity contribution in [2.24, 2.45) is 5.92 Å². The molecule has 2 unspecified atom stereocenters. The van der Waals surface area contributed by atoms with E-state index in [-0.39, 0.29) is 24.3 Å². The molecule has 0 fully saturated rings. The standard InChI is InChI=1S/C11H18N2O2/c1-8(7-14)9(2)12-5-10-3-4-11(15)6-13-10/h3-4,6,8-9,12,14-15H,5,7H2,1-2H3. The zero-order valence-corrected chi connectivity index (χ0v) is 9.14. The molecular weight excluding hydrogens is 192 g/mol. The average molecular weight is 210 g/mol. The molecule has 0 spiro atoms. The van der Waals surface area contributed by atoms with E-state index < -0.39 is 0 Å². The second-order valence-corrected chi connectivity index (χ2v) is 3.84. The number of hydrogen-bond acceptors (Lipinski definition) is 4. The SMILES string of the molecule is CC(CO)C(C)NCc1ccc(O)cn1. The highest BCUT2D eigenvalue weighted by Gasteiger charge is 2.09. The number of hydrogen-bond donors (Lipinski definition) is 3. The molecule has 84 valence electrons. The van der Waals surface area contributed by atoms with Crippen molar-refractivity contribution in [3.8, 4) is 5.75 Å². The van der Waals surface area contributed by atoms with Crippen molar-refractivity contribution in [3.05, 3.63) is 24.0 Å². The summed E-state index contributed by atoms with van der Waals surface area (Å²) in [6.45, 7) is 4.84. The van der Waals surface area contributed by atoms with Crippen LogP contribution in [0.4, 0.5) is 0 Å². The van der Waals surface area contributed by atoms with Crippen molar-refractivity contribution in [3.63, 3.8) is 0 Å². The Kier molecular flexibility index (Phi) is 4.52. The van der Waals surface area contributed by atoms with Crippen molar-refractivity contribution in [2.75, 3.05) is 6.61 Å². The number of aromatic nitrogens is 1. The molecule has 3 N–H and O–H groups in total. The highest BCUT2D eigenvalue weighted by Crippen LogP contribution is 2.07. The van der Waals surface area contributed by atoms with Crippen molar-refractivity contribution in [1.82, 2.24) is 10.3 Å². The largest absolute Gasteiger partial charge is 0.506 e. The van der Waals surface area contributed by atoms with Crippen LogP contribution in [-0.2, 0) is 6.54 Å². The van der Waals surface area contributed by atoms with Crippen molar-refractivity contribution in [2.45, 2.75) is 26.4 Å². The molecule has 0 aliphatic rings. The minimum Gasteiger partial charge on any atom is -0.506 e. The maximum atomic E-state index is 9.04. The lowest BCUT2D eigenvalue weighted by Gasteiger charge is -2.18. The Hall–Kier alpha value is -1.13. The van der Waals surface area contributed by atoms with E-state index in [2.05, 4.69) is 10.3 Å². The minimum absolute atomic E-state index is 0.176. The van der Waals surface area contributed by atoms with Gasteiger partial charge in [0.15, 0.2) is 0 Å². The van der Waals surface area contributed by atoms with Gasteiger partial charge in [0.2, 0.25) is 0 Å². The number of rotatable bonds is 5. The third-order valence-electron chi connectivity index (χ3n) is 2.56. The Bertz CT molecular complexity index is 287. The molecule has 1 rings (SSSR count). The summed E-state index contributed by atoms with van der Waals surface area (Å²) in [7, 11) is 0. The number of pyridine rings is 1. The van der Waals surface area contributed by atoms with Crippen LogP contribution >= 0.6 is 0 Å². The number of nitrogens with zero attached hydrogens (tertiary/aromatic N) is 1. The summed E-state index contributed by atoms with van der Waals surface area (Å²) >= 11 is 0. The Morgan fingerprint density at radius 2 is 2.13 bits per heavy atom. The normalized spacial score (nSPS) is 14.9. The summed E-state index contributed by atoms with van der Waals surface area (Å²) in [6, 6.07) is 3.63. The fourth-order valence-corrected chi connectivity index (χ4v) is 1.15. The van der Waals surface area contributed by atoms with E-state index >= 15 is 0 Å². The third kappa shape index (κ3) is 3.85. The Labute approximate surface area is 90.0 Å². The maximum Gasteiger partial charge on any atom is 0.133 e. The molecule has 4 nitrogen and oxygen atoms in total. The number of aliphatic hydroxyl groups is 1. The van der Waals surface area contributed by atoms with E-state index in [9.17, 15) is 0 Å². The maximum absolute atomic E-state index is 9.04. The molecule has 0 aliphatic heterocycles. The van der Waals surface area contributed by atoms with Gasteiger partial charge in [0.25, 0.3) is 0 Å². The molecule has 1 aromatic heterocycles. The summed E-state index contributed by atoms with van der Waals surface area (Å²) in [6.07, 6.45) is 1.43. The van der Waals surface area contributed by atoms with Gasteiger partial charge in [-0.1, -0.05) is 6.92 Å². The van der Waals surface area contributed by atoms with Crippen LogP contribution in [0.15, 0.2) is 18.3 Å². The van der Waals surface area contributed by atoms with Gasteiger partial charge in [-0.15, -0.1) is 0 Å². The fourth-order valence-electron chi connectivity index (χ4n) is 1.15. The number of aliphatic hydroxyl groups excluding tert-OH is 1. The lowest BCUT2D eigenvalue weighted by atomic mass is 10.1. The predicted octanol–water partition coefficient (Wildman–Crippen LogP) is 0.894. The molecule has 0 saturated heterocycles. The van der Waals surface area contributed by atoms with Gasteiger partial charge in [-0.3, -0.25) is 4.98 Å². The zero-order chi connectivity index (χ0) is 11.3. The van der Waals surface area contributed by atoms with Crippen molar-refractivity contribution < 1.29 is 10.2 Å². The van der Waals surface area contributed by atoms with Gasteiger partial charge in [0, 0.05) is 19.2 Å². The predicted molar refractivity (Wildman–Crippen MR) is 58.5 cm³/mol. The third-order valence-corrected chi connectivity index (χ3v) is 2.56. The average Bonchev–Trinajstić information content (AvgIpc) is 2.26. The van der Waals surface area contributed by atoms with Gasteiger partial charge in [-0.2, -0.15) is 0 Å². The smallest absolute Gasteiger partial charge is 0.133 e. The highest BCUT2D eigenvalue weighted by molar-refractivity contribution is 5.17. The lowest BCUT2D eigenvalue weighted by molar-refractivity contribution is 0.207. The summed E-state index contributed by atoms with van der Waals surface area (Å²) in [5.74, 6) is 0.401. The number of nitrogens with one attached hydrogen (secondary N) is 1. The fraction of sp³-hybridized carbons (Fsp3) is 0.545. The van der Waals surface area contributed by atoms with E-state index in [4.69, 9.17) is 10.2 Å². The molecule has 1 aromatic rings. The molecule has 0 bridgehead atoms.